The predicted molar refractivity (Wildman–Crippen MR) is 107 cm³/mol. The second kappa shape index (κ2) is 10.1. The van der Waals surface area contributed by atoms with Crippen molar-refractivity contribution in [1.82, 2.24) is 15.1 Å². The van der Waals surface area contributed by atoms with Gasteiger partial charge in [0.15, 0.2) is 17.5 Å². The topological polar surface area (TPSA) is 75.6 Å². The molecule has 0 atom stereocenters. The van der Waals surface area contributed by atoms with E-state index < -0.39 is 0 Å². The third-order valence-corrected chi connectivity index (χ3v) is 4.66. The maximum absolute atomic E-state index is 11.9. The molecule has 154 valence electrons. The van der Waals surface area contributed by atoms with Crippen LogP contribution in [-0.4, -0.2) is 74.4 Å². The lowest BCUT2D eigenvalue weighted by Gasteiger charge is -2.35. The van der Waals surface area contributed by atoms with Crippen LogP contribution in [-0.2, 0) is 11.3 Å². The van der Waals surface area contributed by atoms with E-state index in [2.05, 4.69) is 17.1 Å². The highest BCUT2D eigenvalue weighted by Crippen LogP contribution is 2.30. The molecule has 1 N–H and O–H groups in total. The zero-order valence-corrected chi connectivity index (χ0v) is 16.8. The number of hydrogen-bond donors (Lipinski definition) is 1. The number of fused-ring (bicyclic) bond motifs is 1. The summed E-state index contributed by atoms with van der Waals surface area (Å²) in [5, 5.41) is 3.35. The lowest BCUT2D eigenvalue weighted by atomic mass is 10.2. The van der Waals surface area contributed by atoms with Gasteiger partial charge in [0.05, 0.1) is 26.4 Å². The van der Waals surface area contributed by atoms with Gasteiger partial charge in [-0.15, -0.1) is 0 Å². The monoisotopic (exact) mass is 390 g/mol. The fourth-order valence-corrected chi connectivity index (χ4v) is 3.21. The maximum Gasteiger partial charge on any atom is 0.409 e. The second-order valence-corrected chi connectivity index (χ2v) is 6.67. The molecule has 0 unspecified atom stereocenters. The quantitative estimate of drug-likeness (QED) is 0.627. The summed E-state index contributed by atoms with van der Waals surface area (Å²) in [6.07, 6.45) is 0.654. The van der Waals surface area contributed by atoms with Gasteiger partial charge in [0, 0.05) is 39.1 Å². The molecule has 0 saturated carbocycles. The molecule has 8 nitrogen and oxygen atoms in total. The first-order valence-electron chi connectivity index (χ1n) is 10.0. The van der Waals surface area contributed by atoms with Crippen LogP contribution in [0.2, 0.25) is 0 Å². The molecule has 3 rings (SSSR count). The number of nitrogens with one attached hydrogen (secondary N) is 1. The third kappa shape index (κ3) is 5.21. The molecular formula is C20H30N4O4. The molecule has 0 bridgehead atoms. The van der Waals surface area contributed by atoms with Gasteiger partial charge >= 0.3 is 6.09 Å². The highest BCUT2D eigenvalue weighted by molar-refractivity contribution is 5.80. The number of rotatable bonds is 4. The number of piperazine rings is 1. The molecule has 1 amide bonds. The smallest absolute Gasteiger partial charge is 0.409 e. The van der Waals surface area contributed by atoms with Crippen LogP contribution >= 0.6 is 0 Å². The van der Waals surface area contributed by atoms with Gasteiger partial charge in [0.2, 0.25) is 0 Å². The van der Waals surface area contributed by atoms with Gasteiger partial charge in [-0.1, -0.05) is 6.07 Å². The van der Waals surface area contributed by atoms with Crippen LogP contribution in [0, 0.1) is 0 Å². The van der Waals surface area contributed by atoms with Gasteiger partial charge in [0.1, 0.15) is 0 Å². The molecule has 0 aromatic heterocycles. The summed E-state index contributed by atoms with van der Waals surface area (Å²) in [4.78, 5) is 20.6. The number of hydrogen-bond acceptors (Lipinski definition) is 5. The number of aliphatic imine (C=N–C) groups is 1. The van der Waals surface area contributed by atoms with Crippen molar-refractivity contribution in [3.05, 3.63) is 23.8 Å². The number of amides is 1. The average Bonchev–Trinajstić information content (AvgIpc) is 2.96. The maximum atomic E-state index is 11.9. The summed E-state index contributed by atoms with van der Waals surface area (Å²) in [6, 6.07) is 5.99. The molecule has 1 aromatic carbocycles. The van der Waals surface area contributed by atoms with Crippen LogP contribution in [0.4, 0.5) is 4.79 Å². The van der Waals surface area contributed by atoms with Gasteiger partial charge in [-0.05, 0) is 31.5 Å². The molecule has 1 saturated heterocycles. The second-order valence-electron chi connectivity index (χ2n) is 6.67. The Bertz CT molecular complexity index is 687. The first-order valence-corrected chi connectivity index (χ1v) is 10.0. The Kier molecular flexibility index (Phi) is 7.22. The Labute approximate surface area is 166 Å². The molecule has 0 radical (unpaired) electrons. The number of guanidine groups is 1. The molecule has 0 spiro atoms. The SMILES string of the molecule is CCNC(=NCc1ccc2c(c1)OCCCO2)N1CCN(C(=O)OCC)CC1. The fraction of sp³-hybridized carbons (Fsp3) is 0.600. The highest BCUT2D eigenvalue weighted by Gasteiger charge is 2.23. The van der Waals surface area contributed by atoms with Gasteiger partial charge in [-0.25, -0.2) is 9.79 Å². The number of carbonyl (C=O) groups is 1. The van der Waals surface area contributed by atoms with Crippen LogP contribution in [0.1, 0.15) is 25.8 Å². The summed E-state index contributed by atoms with van der Waals surface area (Å²) in [5.41, 5.74) is 1.07. The Balaban J connectivity index is 1.62. The average molecular weight is 390 g/mol. The molecular weight excluding hydrogens is 360 g/mol. The largest absolute Gasteiger partial charge is 0.490 e. The minimum Gasteiger partial charge on any atom is -0.490 e. The lowest BCUT2D eigenvalue weighted by molar-refractivity contribution is 0.0914. The number of carbonyl (C=O) groups excluding carboxylic acids is 1. The molecule has 8 heteroatoms. The first kappa shape index (κ1) is 20.1. The summed E-state index contributed by atoms with van der Waals surface area (Å²) in [7, 11) is 0. The summed E-state index contributed by atoms with van der Waals surface area (Å²) < 4.78 is 16.5. The van der Waals surface area contributed by atoms with Crippen LogP contribution in [0.15, 0.2) is 23.2 Å². The van der Waals surface area contributed by atoms with Gasteiger partial charge in [-0.3, -0.25) is 0 Å². The van der Waals surface area contributed by atoms with E-state index in [1.54, 1.807) is 4.90 Å². The van der Waals surface area contributed by atoms with Crippen molar-refractivity contribution in [2.45, 2.75) is 26.8 Å². The van der Waals surface area contributed by atoms with E-state index in [0.29, 0.717) is 39.5 Å². The van der Waals surface area contributed by atoms with Crippen LogP contribution in [0.3, 0.4) is 0 Å². The fourth-order valence-electron chi connectivity index (χ4n) is 3.21. The van der Waals surface area contributed by atoms with E-state index >= 15 is 0 Å². The van der Waals surface area contributed by atoms with Crippen LogP contribution in [0.25, 0.3) is 0 Å². The molecule has 2 aliphatic rings. The van der Waals surface area contributed by atoms with Crippen LogP contribution in [0.5, 0.6) is 11.5 Å². The zero-order chi connectivity index (χ0) is 19.8. The molecule has 1 aromatic rings. The third-order valence-electron chi connectivity index (χ3n) is 4.66. The Morgan fingerprint density at radius 1 is 1.11 bits per heavy atom. The summed E-state index contributed by atoms with van der Waals surface area (Å²) in [5.74, 6) is 2.45. The van der Waals surface area contributed by atoms with E-state index in [4.69, 9.17) is 19.2 Å². The van der Waals surface area contributed by atoms with E-state index in [1.807, 2.05) is 25.1 Å². The van der Waals surface area contributed by atoms with Crippen molar-refractivity contribution < 1.29 is 19.0 Å². The zero-order valence-electron chi connectivity index (χ0n) is 16.8. The molecule has 2 heterocycles. The predicted octanol–water partition coefficient (Wildman–Crippen LogP) is 2.09. The van der Waals surface area contributed by atoms with Gasteiger partial charge in [0.25, 0.3) is 0 Å². The minimum absolute atomic E-state index is 0.240. The number of benzene rings is 1. The van der Waals surface area contributed by atoms with E-state index in [-0.39, 0.29) is 6.09 Å². The molecule has 2 aliphatic heterocycles. The Morgan fingerprint density at radius 2 is 1.82 bits per heavy atom. The molecule has 0 aliphatic carbocycles. The van der Waals surface area contributed by atoms with Crippen molar-refractivity contribution in [2.75, 3.05) is 52.5 Å². The van der Waals surface area contributed by atoms with Crippen molar-refractivity contribution in [2.24, 2.45) is 4.99 Å². The van der Waals surface area contributed by atoms with Crippen LogP contribution < -0.4 is 14.8 Å². The van der Waals surface area contributed by atoms with Gasteiger partial charge in [-0.2, -0.15) is 0 Å². The van der Waals surface area contributed by atoms with Crippen molar-refractivity contribution in [1.29, 1.82) is 0 Å². The highest BCUT2D eigenvalue weighted by atomic mass is 16.6. The normalized spacial score (nSPS) is 17.1. The Hall–Kier alpha value is -2.64. The molecule has 1 fully saturated rings. The van der Waals surface area contributed by atoms with E-state index in [9.17, 15) is 4.79 Å². The number of ether oxygens (including phenoxy) is 3. The first-order chi connectivity index (χ1) is 13.7. The summed E-state index contributed by atoms with van der Waals surface area (Å²) in [6.45, 7) is 9.70. The Morgan fingerprint density at radius 3 is 2.54 bits per heavy atom. The minimum atomic E-state index is -0.240. The van der Waals surface area contributed by atoms with E-state index in [0.717, 1.165) is 49.1 Å². The van der Waals surface area contributed by atoms with E-state index in [1.165, 1.54) is 0 Å². The van der Waals surface area contributed by atoms with Crippen molar-refractivity contribution >= 4 is 12.1 Å². The van der Waals surface area contributed by atoms with Crippen molar-refractivity contribution in [3.63, 3.8) is 0 Å². The molecule has 28 heavy (non-hydrogen) atoms. The van der Waals surface area contributed by atoms with Crippen molar-refractivity contribution in [3.8, 4) is 11.5 Å². The lowest BCUT2D eigenvalue weighted by Crippen LogP contribution is -2.53. The summed E-state index contributed by atoms with van der Waals surface area (Å²) >= 11 is 0. The standard InChI is InChI=1S/C20H30N4O4/c1-3-21-19(23-8-10-24(11-9-23)20(25)26-4-2)22-15-16-6-7-17-18(14-16)28-13-5-12-27-17/h6-7,14H,3-5,8-13,15H2,1-2H3,(H,21,22). The van der Waals surface area contributed by atoms with Gasteiger partial charge < -0.3 is 29.3 Å². The number of nitrogens with zero attached hydrogens (tertiary/aromatic N) is 3.